The molecule has 1 unspecified atom stereocenters. The Bertz CT molecular complexity index is 39.1. The van der Waals surface area contributed by atoms with Gasteiger partial charge in [0.25, 0.3) is 0 Å². The topological polar surface area (TPSA) is 20.2 Å². The molecule has 0 aliphatic rings. The lowest BCUT2D eigenvalue weighted by Crippen LogP contribution is -2.01. The van der Waals surface area contributed by atoms with Gasteiger partial charge in [-0.05, 0) is 6.42 Å². The van der Waals surface area contributed by atoms with Gasteiger partial charge in [-0.25, -0.2) is 0 Å². The molecular formula is C5H11IO. The Morgan fingerprint density at radius 1 is 1.71 bits per heavy atom. The third kappa shape index (κ3) is 4.55. The molecule has 0 spiro atoms. The fraction of sp³-hybridized carbons (Fsp3) is 1.00. The van der Waals surface area contributed by atoms with Gasteiger partial charge in [0.2, 0.25) is 0 Å². The van der Waals surface area contributed by atoms with Crippen molar-refractivity contribution in [3.05, 3.63) is 0 Å². The molecule has 0 fully saturated rings. The van der Waals surface area contributed by atoms with Gasteiger partial charge >= 0.3 is 0 Å². The summed E-state index contributed by atoms with van der Waals surface area (Å²) < 4.78 is 0.475. The van der Waals surface area contributed by atoms with E-state index in [1.165, 1.54) is 6.42 Å². The molecule has 0 radical (unpaired) electrons. The van der Waals surface area contributed by atoms with Gasteiger partial charge < -0.3 is 5.11 Å². The average Bonchev–Trinajstić information content (AvgIpc) is 1.68. The number of alkyl halides is 1. The Kier molecular flexibility index (Phi) is 5.32. The molecule has 0 aliphatic carbocycles. The molecule has 0 aliphatic heterocycles. The Labute approximate surface area is 58.3 Å². The largest absolute Gasteiger partial charge is 0.395 e. The van der Waals surface area contributed by atoms with Crippen LogP contribution in [0.15, 0.2) is 0 Å². The van der Waals surface area contributed by atoms with Crippen molar-refractivity contribution >= 4 is 22.6 Å². The molecule has 2 heteroatoms. The molecule has 1 atom stereocenters. The number of aliphatic hydroxyl groups excluding tert-OH is 1. The second-order valence-electron chi connectivity index (χ2n) is 1.57. The van der Waals surface area contributed by atoms with Crippen LogP contribution >= 0.6 is 22.6 Å². The van der Waals surface area contributed by atoms with Gasteiger partial charge in [0.1, 0.15) is 0 Å². The molecule has 7 heavy (non-hydrogen) atoms. The summed E-state index contributed by atoms with van der Waals surface area (Å²) in [5, 5.41) is 8.46. The van der Waals surface area contributed by atoms with Crippen molar-refractivity contribution in [2.24, 2.45) is 0 Å². The summed E-state index contributed by atoms with van der Waals surface area (Å²) in [5.74, 6) is 0. The van der Waals surface area contributed by atoms with E-state index in [0.29, 0.717) is 10.5 Å². The molecule has 0 heterocycles. The van der Waals surface area contributed by atoms with Crippen molar-refractivity contribution in [2.45, 2.75) is 23.7 Å². The summed E-state index contributed by atoms with van der Waals surface area (Å²) in [5.41, 5.74) is 0. The van der Waals surface area contributed by atoms with E-state index in [9.17, 15) is 0 Å². The van der Waals surface area contributed by atoms with Crippen LogP contribution in [0.3, 0.4) is 0 Å². The van der Waals surface area contributed by atoms with E-state index in [-0.39, 0.29) is 0 Å². The van der Waals surface area contributed by atoms with E-state index in [1.807, 2.05) is 0 Å². The van der Waals surface area contributed by atoms with Crippen molar-refractivity contribution in [1.82, 2.24) is 0 Å². The molecule has 1 N–H and O–H groups in total. The lowest BCUT2D eigenvalue weighted by Gasteiger charge is -1.99. The standard InChI is InChI=1S/C5H11IO/c1-2-3-5(6)4-7/h5,7H,2-4H2,1H3. The van der Waals surface area contributed by atoms with Gasteiger partial charge in [-0.15, -0.1) is 0 Å². The van der Waals surface area contributed by atoms with Crippen LogP contribution in [0.5, 0.6) is 0 Å². The van der Waals surface area contributed by atoms with E-state index in [1.54, 1.807) is 0 Å². The summed E-state index contributed by atoms with van der Waals surface area (Å²) >= 11 is 2.26. The lowest BCUT2D eigenvalue weighted by molar-refractivity contribution is 0.295. The van der Waals surface area contributed by atoms with Crippen molar-refractivity contribution in [3.63, 3.8) is 0 Å². The molecule has 1 nitrogen and oxygen atoms in total. The highest BCUT2D eigenvalue weighted by Crippen LogP contribution is 2.05. The summed E-state index contributed by atoms with van der Waals surface area (Å²) in [7, 11) is 0. The second-order valence-corrected chi connectivity index (χ2v) is 3.33. The number of hydrogen-bond donors (Lipinski definition) is 1. The predicted molar refractivity (Wildman–Crippen MR) is 39.8 cm³/mol. The molecule has 0 rings (SSSR count). The van der Waals surface area contributed by atoms with Crippen LogP contribution in [0, 0.1) is 0 Å². The molecule has 0 aromatic heterocycles. The molecule has 0 saturated heterocycles. The number of aliphatic hydroxyl groups is 1. The van der Waals surface area contributed by atoms with Crippen LogP contribution in [0.2, 0.25) is 0 Å². The van der Waals surface area contributed by atoms with Gasteiger partial charge in [0.05, 0.1) is 6.61 Å². The first-order valence-corrected chi connectivity index (χ1v) is 3.80. The van der Waals surface area contributed by atoms with Gasteiger partial charge in [-0.1, -0.05) is 35.9 Å². The summed E-state index contributed by atoms with van der Waals surface area (Å²) in [6, 6.07) is 0. The minimum Gasteiger partial charge on any atom is -0.395 e. The zero-order valence-corrected chi connectivity index (χ0v) is 6.68. The first-order valence-electron chi connectivity index (χ1n) is 2.56. The molecule has 0 bridgehead atoms. The average molecular weight is 214 g/mol. The van der Waals surface area contributed by atoms with Crippen molar-refractivity contribution < 1.29 is 5.11 Å². The molecule has 0 aromatic rings. The normalized spacial score (nSPS) is 14.1. The van der Waals surface area contributed by atoms with Crippen molar-refractivity contribution in [1.29, 1.82) is 0 Å². The molecule has 44 valence electrons. The van der Waals surface area contributed by atoms with Crippen LogP contribution in [0.4, 0.5) is 0 Å². The van der Waals surface area contributed by atoms with Crippen LogP contribution in [0.25, 0.3) is 0 Å². The molecular weight excluding hydrogens is 203 g/mol. The van der Waals surface area contributed by atoms with E-state index < -0.39 is 0 Å². The maximum Gasteiger partial charge on any atom is 0.0548 e. The molecule has 0 amide bonds. The Hall–Kier alpha value is 0.690. The zero-order valence-electron chi connectivity index (χ0n) is 4.52. The lowest BCUT2D eigenvalue weighted by atomic mass is 10.3. The monoisotopic (exact) mass is 214 g/mol. The summed E-state index contributed by atoms with van der Waals surface area (Å²) in [6.45, 7) is 2.45. The zero-order chi connectivity index (χ0) is 5.70. The smallest absolute Gasteiger partial charge is 0.0548 e. The van der Waals surface area contributed by atoms with E-state index >= 15 is 0 Å². The summed E-state index contributed by atoms with van der Waals surface area (Å²) in [4.78, 5) is 0. The SMILES string of the molecule is CCCC(I)CO. The number of hydrogen-bond acceptors (Lipinski definition) is 1. The predicted octanol–water partition coefficient (Wildman–Crippen LogP) is 1.58. The first-order chi connectivity index (χ1) is 3.31. The number of rotatable bonds is 3. The Morgan fingerprint density at radius 3 is 2.43 bits per heavy atom. The minimum absolute atomic E-state index is 0.328. The van der Waals surface area contributed by atoms with E-state index in [0.717, 1.165) is 6.42 Å². The van der Waals surface area contributed by atoms with Gasteiger partial charge in [-0.3, -0.25) is 0 Å². The van der Waals surface area contributed by atoms with Crippen LogP contribution in [0.1, 0.15) is 19.8 Å². The highest BCUT2D eigenvalue weighted by Gasteiger charge is 1.96. The first kappa shape index (κ1) is 7.69. The van der Waals surface area contributed by atoms with Gasteiger partial charge in [0.15, 0.2) is 0 Å². The molecule has 0 aromatic carbocycles. The Balaban J connectivity index is 2.83. The Morgan fingerprint density at radius 2 is 2.29 bits per heavy atom. The highest BCUT2D eigenvalue weighted by atomic mass is 127. The fourth-order valence-corrected chi connectivity index (χ4v) is 1.03. The quantitative estimate of drug-likeness (QED) is 0.558. The third-order valence-electron chi connectivity index (χ3n) is 0.800. The van der Waals surface area contributed by atoms with Crippen molar-refractivity contribution in [3.8, 4) is 0 Å². The highest BCUT2D eigenvalue weighted by molar-refractivity contribution is 14.1. The molecule has 0 saturated carbocycles. The third-order valence-corrected chi connectivity index (χ3v) is 1.82. The summed E-state index contributed by atoms with van der Waals surface area (Å²) in [6.07, 6.45) is 2.31. The maximum atomic E-state index is 8.46. The number of halogens is 1. The van der Waals surface area contributed by atoms with Gasteiger partial charge in [-0.2, -0.15) is 0 Å². The maximum absolute atomic E-state index is 8.46. The van der Waals surface area contributed by atoms with Crippen LogP contribution in [-0.4, -0.2) is 15.6 Å². The second kappa shape index (κ2) is 4.84. The van der Waals surface area contributed by atoms with Crippen LogP contribution in [-0.2, 0) is 0 Å². The van der Waals surface area contributed by atoms with Crippen molar-refractivity contribution in [2.75, 3.05) is 6.61 Å². The van der Waals surface area contributed by atoms with E-state index in [2.05, 4.69) is 29.5 Å². The van der Waals surface area contributed by atoms with E-state index in [4.69, 9.17) is 5.11 Å². The van der Waals surface area contributed by atoms with Crippen LogP contribution < -0.4 is 0 Å². The fourth-order valence-electron chi connectivity index (χ4n) is 0.405. The van der Waals surface area contributed by atoms with Gasteiger partial charge in [0, 0.05) is 3.92 Å². The minimum atomic E-state index is 0.328.